The zero-order valence-corrected chi connectivity index (χ0v) is 18.4. The first kappa shape index (κ1) is 20.2. The van der Waals surface area contributed by atoms with Crippen LogP contribution in [-0.4, -0.2) is 15.7 Å². The summed E-state index contributed by atoms with van der Waals surface area (Å²) >= 11 is 0.986. The zero-order valence-electron chi connectivity index (χ0n) is 17.5. The normalized spacial score (nSPS) is 15.6. The van der Waals surface area contributed by atoms with Crippen molar-refractivity contribution in [3.8, 4) is 5.69 Å². The van der Waals surface area contributed by atoms with E-state index in [1.54, 1.807) is 12.1 Å². The number of amides is 2. The van der Waals surface area contributed by atoms with Crippen molar-refractivity contribution in [1.82, 2.24) is 4.57 Å². The number of carbonyl (C=O) groups excluding carboxylic acids is 2. The predicted octanol–water partition coefficient (Wildman–Crippen LogP) is 6.46. The van der Waals surface area contributed by atoms with Crippen LogP contribution in [0.5, 0.6) is 0 Å². The third-order valence-corrected chi connectivity index (χ3v) is 6.25. The Morgan fingerprint density at radius 1 is 0.900 bits per heavy atom. The van der Waals surface area contributed by atoms with Gasteiger partial charge in [0.2, 0.25) is 0 Å². The summed E-state index contributed by atoms with van der Waals surface area (Å²) in [6.45, 7) is 8.45. The van der Waals surface area contributed by atoms with Gasteiger partial charge in [0.25, 0.3) is 11.1 Å². The zero-order chi connectivity index (χ0) is 21.4. The van der Waals surface area contributed by atoms with Crippen LogP contribution in [0, 0.1) is 13.8 Å². The minimum absolute atomic E-state index is 0.268. The highest BCUT2D eigenvalue weighted by Crippen LogP contribution is 2.36. The van der Waals surface area contributed by atoms with Crippen LogP contribution in [0.4, 0.5) is 10.5 Å². The molecular weight excluding hydrogens is 392 g/mol. The molecule has 4 nitrogen and oxygen atoms in total. The standard InChI is InChI=1S/C25H24N2O2S/c1-16(2)19-10-12-22(13-11-19)26-17(3)14-20(18(26)4)15-23-24(28)27(25(29)30-23)21-8-6-5-7-9-21/h5-16H,1-4H3/b23-15-. The maximum Gasteiger partial charge on any atom is 0.298 e. The van der Waals surface area contributed by atoms with Crippen LogP contribution in [-0.2, 0) is 4.79 Å². The number of aromatic nitrogens is 1. The molecule has 0 bridgehead atoms. The van der Waals surface area contributed by atoms with Crippen molar-refractivity contribution < 1.29 is 9.59 Å². The second kappa shape index (κ2) is 8.00. The Balaban J connectivity index is 1.67. The maximum absolute atomic E-state index is 12.9. The lowest BCUT2D eigenvalue weighted by molar-refractivity contribution is -0.113. The molecule has 1 aliphatic heterocycles. The van der Waals surface area contributed by atoms with Crippen LogP contribution in [0.15, 0.2) is 65.6 Å². The summed E-state index contributed by atoms with van der Waals surface area (Å²) in [5.74, 6) is 0.212. The van der Waals surface area contributed by atoms with Crippen molar-refractivity contribution in [1.29, 1.82) is 0 Å². The van der Waals surface area contributed by atoms with Crippen LogP contribution in [0.1, 0.15) is 42.3 Å². The molecule has 4 rings (SSSR count). The molecule has 152 valence electrons. The summed E-state index contributed by atoms with van der Waals surface area (Å²) in [6.07, 6.45) is 1.83. The smallest absolute Gasteiger partial charge is 0.298 e. The van der Waals surface area contributed by atoms with E-state index in [9.17, 15) is 9.59 Å². The van der Waals surface area contributed by atoms with Crippen molar-refractivity contribution in [2.75, 3.05) is 4.90 Å². The fourth-order valence-corrected chi connectivity index (χ4v) is 4.58. The van der Waals surface area contributed by atoms with Gasteiger partial charge in [-0.1, -0.05) is 44.2 Å². The minimum atomic E-state index is -0.276. The average Bonchev–Trinajstić information content (AvgIpc) is 3.17. The number of benzene rings is 2. The number of nitrogens with zero attached hydrogens (tertiary/aromatic N) is 2. The highest BCUT2D eigenvalue weighted by atomic mass is 32.2. The molecule has 0 saturated carbocycles. The topological polar surface area (TPSA) is 42.3 Å². The van der Waals surface area contributed by atoms with Crippen LogP contribution in [0.3, 0.4) is 0 Å². The molecule has 1 aliphatic rings. The molecule has 1 fully saturated rings. The Morgan fingerprint density at radius 3 is 2.20 bits per heavy atom. The SMILES string of the molecule is Cc1cc(/C=C2\SC(=O)N(c3ccccc3)C2=O)c(C)n1-c1ccc(C(C)C)cc1. The van der Waals surface area contributed by atoms with Gasteiger partial charge in [0.1, 0.15) is 0 Å². The summed E-state index contributed by atoms with van der Waals surface area (Å²) in [4.78, 5) is 27.1. The van der Waals surface area contributed by atoms with Crippen LogP contribution in [0.25, 0.3) is 11.8 Å². The molecule has 0 aliphatic carbocycles. The van der Waals surface area contributed by atoms with Crippen molar-refractivity contribution in [2.24, 2.45) is 0 Å². The molecule has 2 aromatic carbocycles. The number of para-hydroxylation sites is 1. The number of hydrogen-bond acceptors (Lipinski definition) is 3. The highest BCUT2D eigenvalue weighted by molar-refractivity contribution is 8.19. The molecule has 30 heavy (non-hydrogen) atoms. The summed E-state index contributed by atoms with van der Waals surface area (Å²) in [5, 5.41) is -0.268. The van der Waals surface area contributed by atoms with E-state index in [1.807, 2.05) is 31.2 Å². The Hall–Kier alpha value is -3.05. The molecule has 2 heterocycles. The Kier molecular flexibility index (Phi) is 5.39. The van der Waals surface area contributed by atoms with Crippen LogP contribution in [0.2, 0.25) is 0 Å². The van der Waals surface area contributed by atoms with Crippen molar-refractivity contribution in [3.05, 3.63) is 88.1 Å². The lowest BCUT2D eigenvalue weighted by Crippen LogP contribution is -2.27. The Bertz CT molecular complexity index is 1140. The average molecular weight is 417 g/mol. The van der Waals surface area contributed by atoms with E-state index < -0.39 is 0 Å². The first-order valence-electron chi connectivity index (χ1n) is 9.99. The molecule has 0 N–H and O–H groups in total. The van der Waals surface area contributed by atoms with Gasteiger partial charge in [-0.05, 0) is 79.1 Å². The van der Waals surface area contributed by atoms with Gasteiger partial charge in [0, 0.05) is 17.1 Å². The minimum Gasteiger partial charge on any atom is -0.318 e. The van der Waals surface area contributed by atoms with Crippen molar-refractivity contribution in [2.45, 2.75) is 33.6 Å². The fourth-order valence-electron chi connectivity index (χ4n) is 3.75. The number of thioether (sulfide) groups is 1. The lowest BCUT2D eigenvalue weighted by Gasteiger charge is -2.12. The first-order chi connectivity index (χ1) is 14.4. The van der Waals surface area contributed by atoms with E-state index in [1.165, 1.54) is 10.5 Å². The summed E-state index contributed by atoms with van der Waals surface area (Å²) in [6, 6.07) is 19.7. The van der Waals surface area contributed by atoms with Gasteiger partial charge < -0.3 is 4.57 Å². The fraction of sp³-hybridized carbons (Fsp3) is 0.200. The Morgan fingerprint density at radius 2 is 1.57 bits per heavy atom. The molecule has 2 amide bonds. The molecule has 3 aromatic rings. The van der Waals surface area contributed by atoms with Gasteiger partial charge in [-0.15, -0.1) is 0 Å². The first-order valence-corrected chi connectivity index (χ1v) is 10.8. The summed E-state index contributed by atoms with van der Waals surface area (Å²) in [5.41, 5.74) is 6.05. The number of imide groups is 1. The number of rotatable bonds is 4. The van der Waals surface area contributed by atoms with Crippen molar-refractivity contribution in [3.63, 3.8) is 0 Å². The van der Waals surface area contributed by atoms with E-state index in [-0.39, 0.29) is 11.1 Å². The molecule has 0 unspecified atom stereocenters. The highest BCUT2D eigenvalue weighted by Gasteiger charge is 2.36. The number of aryl methyl sites for hydroxylation is 1. The number of carbonyl (C=O) groups is 2. The van der Waals surface area contributed by atoms with Crippen molar-refractivity contribution >= 4 is 34.7 Å². The molecule has 0 atom stereocenters. The Labute approximate surface area is 181 Å². The second-order valence-electron chi connectivity index (χ2n) is 7.76. The quantitative estimate of drug-likeness (QED) is 0.459. The van der Waals surface area contributed by atoms with Crippen LogP contribution >= 0.6 is 11.8 Å². The second-order valence-corrected chi connectivity index (χ2v) is 8.75. The predicted molar refractivity (Wildman–Crippen MR) is 124 cm³/mol. The van der Waals surface area contributed by atoms with E-state index >= 15 is 0 Å². The molecular formula is C25H24N2O2S. The molecule has 5 heteroatoms. The van der Waals surface area contributed by atoms with E-state index in [4.69, 9.17) is 0 Å². The molecule has 1 saturated heterocycles. The summed E-state index contributed by atoms with van der Waals surface area (Å²) < 4.78 is 2.18. The van der Waals surface area contributed by atoms with Gasteiger partial charge in [0.05, 0.1) is 10.6 Å². The van der Waals surface area contributed by atoms with E-state index in [0.717, 1.165) is 34.4 Å². The largest absolute Gasteiger partial charge is 0.318 e. The maximum atomic E-state index is 12.9. The van der Waals surface area contributed by atoms with Gasteiger partial charge in [-0.25, -0.2) is 4.90 Å². The third kappa shape index (κ3) is 3.61. The van der Waals surface area contributed by atoms with E-state index in [2.05, 4.69) is 55.7 Å². The van der Waals surface area contributed by atoms with Gasteiger partial charge >= 0.3 is 0 Å². The van der Waals surface area contributed by atoms with Gasteiger partial charge in [-0.3, -0.25) is 9.59 Å². The van der Waals surface area contributed by atoms with Crippen LogP contribution < -0.4 is 4.90 Å². The molecule has 1 aromatic heterocycles. The lowest BCUT2D eigenvalue weighted by atomic mass is 10.0. The summed E-state index contributed by atoms with van der Waals surface area (Å²) in [7, 11) is 0. The third-order valence-electron chi connectivity index (χ3n) is 5.38. The molecule has 0 radical (unpaired) electrons. The number of hydrogen-bond donors (Lipinski definition) is 0. The molecule has 0 spiro atoms. The van der Waals surface area contributed by atoms with Gasteiger partial charge in [-0.2, -0.15) is 0 Å². The monoisotopic (exact) mass is 416 g/mol. The van der Waals surface area contributed by atoms with Gasteiger partial charge in [0.15, 0.2) is 0 Å². The van der Waals surface area contributed by atoms with E-state index in [0.29, 0.717) is 16.5 Å². The number of anilines is 1.